The van der Waals surface area contributed by atoms with E-state index in [0.717, 1.165) is 15.8 Å². The number of imide groups is 2. The van der Waals surface area contributed by atoms with Crippen molar-refractivity contribution in [2.24, 2.45) is 10.3 Å². The van der Waals surface area contributed by atoms with Crippen LogP contribution in [-0.2, 0) is 14.4 Å². The molecule has 4 N–H and O–H groups in total. The van der Waals surface area contributed by atoms with E-state index < -0.39 is 41.9 Å². The van der Waals surface area contributed by atoms with Crippen LogP contribution in [0.15, 0.2) is 87.8 Å². The normalized spacial score (nSPS) is 19.8. The minimum Gasteiger partial charge on any atom is -0.459 e. The number of benzene rings is 2. The summed E-state index contributed by atoms with van der Waals surface area (Å²) in [4.78, 5) is 68.7. The molecule has 7 rings (SSSR count). The standard InChI is InChI=1S/C31H27N9O6/c41-25-11-10-21(29(43)35-25)40-30(44)19-7-3-8-20(27(19)31(40)45)33-15-24-36-38-39(37-24)16-26(42)34-28(18-6-4-12-32-14-18)23-13-17-5-1-2-9-22(17)46-23/h1-9,12-14,21,24,28,33,37H,10-11,15-16H2,(H,34,42)(H,35,41,43). The molecule has 46 heavy (non-hydrogen) atoms. The van der Waals surface area contributed by atoms with Gasteiger partial charge in [-0.05, 0) is 36.8 Å². The van der Waals surface area contributed by atoms with E-state index in [-0.39, 0.29) is 43.0 Å². The van der Waals surface area contributed by atoms with E-state index in [1.54, 1.807) is 30.6 Å². The summed E-state index contributed by atoms with van der Waals surface area (Å²) in [5.74, 6) is -2.13. The molecule has 3 unspecified atom stereocenters. The molecule has 2 aromatic heterocycles. The number of hydrazine groups is 1. The third kappa shape index (κ3) is 5.43. The average molecular weight is 622 g/mol. The van der Waals surface area contributed by atoms with Crippen LogP contribution < -0.4 is 21.4 Å². The van der Waals surface area contributed by atoms with E-state index in [1.807, 2.05) is 36.4 Å². The first-order valence-electron chi connectivity index (χ1n) is 14.6. The molecule has 5 amide bonds. The highest BCUT2D eigenvalue weighted by Crippen LogP contribution is 2.33. The van der Waals surface area contributed by atoms with Gasteiger partial charge in [-0.1, -0.05) is 35.6 Å². The zero-order valence-corrected chi connectivity index (χ0v) is 24.2. The van der Waals surface area contributed by atoms with Crippen LogP contribution in [0.4, 0.5) is 5.69 Å². The number of piperidine rings is 1. The van der Waals surface area contributed by atoms with Crippen molar-refractivity contribution in [3.05, 3.63) is 95.5 Å². The number of fused-ring (bicyclic) bond motifs is 2. The number of carbonyl (C=O) groups is 5. The molecule has 1 fully saturated rings. The first kappa shape index (κ1) is 28.8. The van der Waals surface area contributed by atoms with Crippen LogP contribution in [0.1, 0.15) is 50.9 Å². The monoisotopic (exact) mass is 621 g/mol. The first-order valence-corrected chi connectivity index (χ1v) is 14.6. The smallest absolute Gasteiger partial charge is 0.264 e. The Hall–Kier alpha value is -5.96. The van der Waals surface area contributed by atoms with Crippen molar-refractivity contribution in [1.29, 1.82) is 0 Å². The second kappa shape index (κ2) is 11.9. The van der Waals surface area contributed by atoms with Gasteiger partial charge < -0.3 is 15.1 Å². The molecule has 15 nitrogen and oxygen atoms in total. The Morgan fingerprint density at radius 1 is 1.04 bits per heavy atom. The molecule has 0 saturated carbocycles. The van der Waals surface area contributed by atoms with Gasteiger partial charge in [0.1, 0.15) is 30.0 Å². The molecule has 0 spiro atoms. The number of anilines is 1. The summed E-state index contributed by atoms with van der Waals surface area (Å²) in [6, 6.07) is 16.2. The zero-order chi connectivity index (χ0) is 31.8. The fourth-order valence-electron chi connectivity index (χ4n) is 5.73. The number of pyridine rings is 1. The number of hydrogen-bond acceptors (Lipinski definition) is 12. The Bertz CT molecular complexity index is 1880. The minimum absolute atomic E-state index is 0.0336. The summed E-state index contributed by atoms with van der Waals surface area (Å²) < 4.78 is 6.04. The van der Waals surface area contributed by atoms with Gasteiger partial charge in [0.15, 0.2) is 6.17 Å². The second-order valence-electron chi connectivity index (χ2n) is 10.9. The molecule has 3 aliphatic heterocycles. The van der Waals surface area contributed by atoms with Crippen LogP contribution in [-0.4, -0.2) is 69.8 Å². The number of hydrogen-bond donors (Lipinski definition) is 4. The van der Waals surface area contributed by atoms with E-state index in [2.05, 4.69) is 36.7 Å². The van der Waals surface area contributed by atoms with E-state index in [1.165, 1.54) is 11.2 Å². The number of nitrogens with zero attached hydrogens (tertiary/aromatic N) is 5. The fourth-order valence-corrected chi connectivity index (χ4v) is 5.73. The van der Waals surface area contributed by atoms with Gasteiger partial charge in [0.2, 0.25) is 17.7 Å². The van der Waals surface area contributed by atoms with Gasteiger partial charge in [0, 0.05) is 35.5 Å². The number of aromatic nitrogens is 1. The third-order valence-electron chi connectivity index (χ3n) is 7.90. The van der Waals surface area contributed by atoms with Crippen molar-refractivity contribution in [2.75, 3.05) is 18.4 Å². The summed E-state index contributed by atoms with van der Waals surface area (Å²) >= 11 is 0. The average Bonchev–Trinajstić information content (AvgIpc) is 3.76. The molecule has 1 saturated heterocycles. The summed E-state index contributed by atoms with van der Waals surface area (Å²) in [7, 11) is 0. The van der Waals surface area contributed by atoms with Crippen molar-refractivity contribution in [3.63, 3.8) is 0 Å². The second-order valence-corrected chi connectivity index (χ2v) is 10.9. The number of para-hydroxylation sites is 1. The van der Waals surface area contributed by atoms with Gasteiger partial charge in [-0.2, -0.15) is 10.5 Å². The lowest BCUT2D eigenvalue weighted by Crippen LogP contribution is -2.54. The van der Waals surface area contributed by atoms with Crippen LogP contribution in [0.5, 0.6) is 0 Å². The fraction of sp³-hybridized carbons (Fsp3) is 0.226. The predicted octanol–water partition coefficient (Wildman–Crippen LogP) is 2.06. The quantitative estimate of drug-likeness (QED) is 0.201. The topological polar surface area (TPSA) is 191 Å². The SMILES string of the molecule is O=C1CCC(N2C(=O)c3cccc(NCC4N=NN(CC(=O)NC(c5cccnc5)c5cc6ccccc6o5)N4)c3C2=O)C(=O)N1. The van der Waals surface area contributed by atoms with Crippen molar-refractivity contribution in [2.45, 2.75) is 31.1 Å². The molecule has 15 heteroatoms. The predicted molar refractivity (Wildman–Crippen MR) is 161 cm³/mol. The molecule has 2 aromatic carbocycles. The zero-order valence-electron chi connectivity index (χ0n) is 24.2. The van der Waals surface area contributed by atoms with Gasteiger partial charge >= 0.3 is 0 Å². The Morgan fingerprint density at radius 3 is 2.72 bits per heavy atom. The maximum absolute atomic E-state index is 13.3. The van der Waals surface area contributed by atoms with Crippen LogP contribution >= 0.6 is 0 Å². The van der Waals surface area contributed by atoms with Gasteiger partial charge in [0.05, 0.1) is 17.7 Å². The molecule has 0 radical (unpaired) electrons. The molecular weight excluding hydrogens is 594 g/mol. The largest absolute Gasteiger partial charge is 0.459 e. The number of rotatable bonds is 9. The van der Waals surface area contributed by atoms with Crippen LogP contribution in [0.2, 0.25) is 0 Å². The number of amides is 5. The maximum Gasteiger partial charge on any atom is 0.264 e. The number of furan rings is 1. The van der Waals surface area contributed by atoms with E-state index in [0.29, 0.717) is 17.0 Å². The van der Waals surface area contributed by atoms with Crippen LogP contribution in [0.25, 0.3) is 11.0 Å². The van der Waals surface area contributed by atoms with Crippen molar-refractivity contribution in [1.82, 2.24) is 31.1 Å². The molecule has 3 aliphatic rings. The van der Waals surface area contributed by atoms with E-state index >= 15 is 0 Å². The van der Waals surface area contributed by atoms with Gasteiger partial charge in [-0.3, -0.25) is 39.2 Å². The van der Waals surface area contributed by atoms with Gasteiger partial charge in [0.25, 0.3) is 11.8 Å². The van der Waals surface area contributed by atoms with Gasteiger partial charge in [-0.15, -0.1) is 5.11 Å². The van der Waals surface area contributed by atoms with Gasteiger partial charge in [-0.25, -0.2) is 0 Å². The van der Waals surface area contributed by atoms with Crippen molar-refractivity contribution >= 4 is 46.2 Å². The highest BCUT2D eigenvalue weighted by atomic mass is 16.3. The molecule has 0 bridgehead atoms. The summed E-state index contributed by atoms with van der Waals surface area (Å²) in [6.07, 6.45) is 2.82. The molecule has 232 valence electrons. The third-order valence-corrected chi connectivity index (χ3v) is 7.90. The van der Waals surface area contributed by atoms with Crippen LogP contribution in [0, 0.1) is 0 Å². The lowest BCUT2D eigenvalue weighted by Gasteiger charge is -2.27. The number of nitrogens with one attached hydrogen (secondary N) is 4. The maximum atomic E-state index is 13.3. The Balaban J connectivity index is 0.979. The van der Waals surface area contributed by atoms with Crippen molar-refractivity contribution < 1.29 is 28.4 Å². The minimum atomic E-state index is -1.06. The molecular formula is C31H27N9O6. The lowest BCUT2D eigenvalue weighted by atomic mass is 10.0. The van der Waals surface area contributed by atoms with E-state index in [9.17, 15) is 24.0 Å². The molecule has 3 atom stereocenters. The molecule has 4 aromatic rings. The lowest BCUT2D eigenvalue weighted by molar-refractivity contribution is -0.136. The summed E-state index contributed by atoms with van der Waals surface area (Å²) in [6.45, 7) is 0.000876. The van der Waals surface area contributed by atoms with Crippen molar-refractivity contribution in [3.8, 4) is 0 Å². The molecule has 5 heterocycles. The highest BCUT2D eigenvalue weighted by Gasteiger charge is 2.45. The highest BCUT2D eigenvalue weighted by molar-refractivity contribution is 6.25. The van der Waals surface area contributed by atoms with Crippen LogP contribution in [0.3, 0.4) is 0 Å². The Morgan fingerprint density at radius 2 is 1.91 bits per heavy atom. The van der Waals surface area contributed by atoms with E-state index in [4.69, 9.17) is 4.42 Å². The number of carbonyl (C=O) groups excluding carboxylic acids is 5. The first-order chi connectivity index (χ1) is 22.4. The summed E-state index contributed by atoms with van der Waals surface area (Å²) in [5, 5.41) is 18.7. The Labute approximate surface area is 261 Å². The Kier molecular flexibility index (Phi) is 7.42. The summed E-state index contributed by atoms with van der Waals surface area (Å²) in [5.41, 5.74) is 5.13. The molecule has 0 aliphatic carbocycles.